The highest BCUT2D eigenvalue weighted by molar-refractivity contribution is 6.05. The van der Waals surface area contributed by atoms with Crippen molar-refractivity contribution in [2.75, 3.05) is 23.3 Å². The van der Waals surface area contributed by atoms with Crippen molar-refractivity contribution in [1.82, 2.24) is 0 Å². The molecule has 2 aromatic rings. The second kappa shape index (κ2) is 6.35. The number of para-hydroxylation sites is 1. The van der Waals surface area contributed by atoms with Crippen LogP contribution in [0, 0.1) is 18.8 Å². The molecule has 0 spiro atoms. The number of benzene rings is 2. The van der Waals surface area contributed by atoms with Gasteiger partial charge in [-0.05, 0) is 66.5 Å². The van der Waals surface area contributed by atoms with Crippen LogP contribution >= 0.6 is 0 Å². The predicted molar refractivity (Wildman–Crippen MR) is 118 cm³/mol. The lowest BCUT2D eigenvalue weighted by atomic mass is 9.74. The molecule has 0 radical (unpaired) electrons. The summed E-state index contributed by atoms with van der Waals surface area (Å²) in [4.78, 5) is 15.9. The summed E-state index contributed by atoms with van der Waals surface area (Å²) in [6.07, 6.45) is 11.7. The van der Waals surface area contributed by atoms with Gasteiger partial charge in [-0.3, -0.25) is 4.79 Å². The molecule has 1 amide bonds. The first kappa shape index (κ1) is 17.1. The Morgan fingerprint density at radius 3 is 2.21 bits per heavy atom. The number of hydrogen-bond acceptors (Lipinski definition) is 2. The molecule has 2 aliphatic carbocycles. The quantitative estimate of drug-likeness (QED) is 0.705. The predicted octanol–water partition coefficient (Wildman–Crippen LogP) is 5.40. The van der Waals surface area contributed by atoms with Gasteiger partial charge in [0, 0.05) is 41.9 Å². The zero-order chi connectivity index (χ0) is 19.5. The van der Waals surface area contributed by atoms with Crippen LogP contribution in [0.25, 0.3) is 0 Å². The molecule has 0 saturated heterocycles. The number of carbonyl (C=O) groups excluding carboxylic acids is 1. The minimum absolute atomic E-state index is 0.00176. The molecule has 0 aromatic heterocycles. The van der Waals surface area contributed by atoms with E-state index in [0.29, 0.717) is 23.7 Å². The molecule has 0 unspecified atom stereocenters. The van der Waals surface area contributed by atoms with Gasteiger partial charge in [0.1, 0.15) is 0 Å². The molecule has 2 aliphatic heterocycles. The molecule has 2 aromatic carbocycles. The maximum absolute atomic E-state index is 13.2. The highest BCUT2D eigenvalue weighted by Gasteiger charge is 2.42. The summed E-state index contributed by atoms with van der Waals surface area (Å²) >= 11 is 0. The lowest BCUT2D eigenvalue weighted by molar-refractivity contribution is 0.102. The fourth-order valence-electron chi connectivity index (χ4n) is 5.91. The third kappa shape index (κ3) is 2.60. The summed E-state index contributed by atoms with van der Waals surface area (Å²) in [6.45, 7) is 4.33. The van der Waals surface area contributed by atoms with Gasteiger partial charge in [0.25, 0.3) is 5.91 Å². The number of nitrogens with zero attached hydrogens (tertiary/aromatic N) is 1. The van der Waals surface area contributed by atoms with Gasteiger partial charge in [-0.2, -0.15) is 0 Å². The summed E-state index contributed by atoms with van der Waals surface area (Å²) in [7, 11) is 0. The van der Waals surface area contributed by atoms with E-state index in [2.05, 4.69) is 46.7 Å². The highest BCUT2D eigenvalue weighted by atomic mass is 16.1. The number of rotatable bonds is 2. The first-order valence-electron chi connectivity index (χ1n) is 10.8. The minimum atomic E-state index is -0.00176. The number of aryl methyl sites for hydroxylation is 1. The second-order valence-corrected chi connectivity index (χ2v) is 9.08. The maximum atomic E-state index is 13.2. The summed E-state index contributed by atoms with van der Waals surface area (Å²) in [5.41, 5.74) is 6.91. The topological polar surface area (TPSA) is 32.3 Å². The number of anilines is 2. The van der Waals surface area contributed by atoms with Crippen molar-refractivity contribution in [3.05, 3.63) is 83.0 Å². The number of fused-ring (bicyclic) bond motifs is 4. The molecule has 0 bridgehead atoms. The van der Waals surface area contributed by atoms with E-state index in [-0.39, 0.29) is 5.91 Å². The standard InChI is InChI=1S/C26H26N2O/c1-16-6-2-3-11-24(16)27-26(29)19-12-22-20-9-4-7-17(20)14-28-15-18-8-5-10-21(18)23(13-19)25(22)28/h2-6,9-13,17-18,20-21H,7-8,14-15H2,1H3,(H,27,29)/t17-,18+,20-,21+. The monoisotopic (exact) mass is 382 g/mol. The van der Waals surface area contributed by atoms with Gasteiger partial charge >= 0.3 is 0 Å². The van der Waals surface area contributed by atoms with Crippen molar-refractivity contribution >= 4 is 17.3 Å². The summed E-state index contributed by atoms with van der Waals surface area (Å²) in [6, 6.07) is 12.3. The number of allylic oxidation sites excluding steroid dienone is 4. The summed E-state index contributed by atoms with van der Waals surface area (Å²) in [5.74, 6) is 2.20. The second-order valence-electron chi connectivity index (χ2n) is 9.08. The van der Waals surface area contributed by atoms with E-state index in [1.165, 1.54) is 16.8 Å². The zero-order valence-electron chi connectivity index (χ0n) is 16.8. The van der Waals surface area contributed by atoms with Crippen LogP contribution in [0.1, 0.15) is 51.7 Å². The van der Waals surface area contributed by atoms with E-state index in [4.69, 9.17) is 0 Å². The molecule has 6 rings (SSSR count). The molecule has 29 heavy (non-hydrogen) atoms. The molecule has 0 saturated carbocycles. The number of amides is 1. The van der Waals surface area contributed by atoms with E-state index in [1.54, 1.807) is 0 Å². The fourth-order valence-corrected chi connectivity index (χ4v) is 5.91. The molecule has 4 atom stereocenters. The summed E-state index contributed by atoms with van der Waals surface area (Å²) < 4.78 is 0. The Bertz CT molecular complexity index is 1020. The zero-order valence-corrected chi connectivity index (χ0v) is 16.8. The largest absolute Gasteiger partial charge is 0.370 e. The average molecular weight is 383 g/mol. The molecule has 4 aliphatic rings. The van der Waals surface area contributed by atoms with Crippen LogP contribution in [0.4, 0.5) is 11.4 Å². The number of carbonyl (C=O) groups is 1. The van der Waals surface area contributed by atoms with Gasteiger partial charge in [-0.15, -0.1) is 0 Å². The maximum Gasteiger partial charge on any atom is 0.255 e. The van der Waals surface area contributed by atoms with E-state index in [9.17, 15) is 4.79 Å². The Labute approximate surface area is 172 Å². The fraction of sp³-hybridized carbons (Fsp3) is 0.346. The minimum Gasteiger partial charge on any atom is -0.370 e. The molecule has 1 N–H and O–H groups in total. The molecular formula is C26H26N2O. The lowest BCUT2D eigenvalue weighted by Gasteiger charge is -2.46. The van der Waals surface area contributed by atoms with E-state index in [0.717, 1.165) is 42.7 Å². The van der Waals surface area contributed by atoms with Crippen LogP contribution in [0.5, 0.6) is 0 Å². The number of nitrogens with one attached hydrogen (secondary N) is 1. The van der Waals surface area contributed by atoms with Crippen molar-refractivity contribution in [2.45, 2.75) is 31.6 Å². The van der Waals surface area contributed by atoms with Crippen LogP contribution in [0.15, 0.2) is 60.7 Å². The van der Waals surface area contributed by atoms with Gasteiger partial charge < -0.3 is 10.2 Å². The third-order valence-electron chi connectivity index (χ3n) is 7.35. The van der Waals surface area contributed by atoms with Crippen LogP contribution in [0.3, 0.4) is 0 Å². The molecular weight excluding hydrogens is 356 g/mol. The Morgan fingerprint density at radius 2 is 1.59 bits per heavy atom. The van der Waals surface area contributed by atoms with Gasteiger partial charge in [0.2, 0.25) is 0 Å². The van der Waals surface area contributed by atoms with Crippen molar-refractivity contribution in [3.63, 3.8) is 0 Å². The summed E-state index contributed by atoms with van der Waals surface area (Å²) in [5, 5.41) is 3.14. The Kier molecular flexibility index (Phi) is 3.74. The van der Waals surface area contributed by atoms with Crippen LogP contribution < -0.4 is 10.2 Å². The van der Waals surface area contributed by atoms with Crippen molar-refractivity contribution in [3.8, 4) is 0 Å². The first-order chi connectivity index (χ1) is 14.2. The first-order valence-corrected chi connectivity index (χ1v) is 10.8. The lowest BCUT2D eigenvalue weighted by Crippen LogP contribution is -2.43. The third-order valence-corrected chi connectivity index (χ3v) is 7.35. The molecule has 3 heteroatoms. The number of hydrogen-bond donors (Lipinski definition) is 1. The smallest absolute Gasteiger partial charge is 0.255 e. The van der Waals surface area contributed by atoms with E-state index < -0.39 is 0 Å². The van der Waals surface area contributed by atoms with Crippen LogP contribution in [0.2, 0.25) is 0 Å². The van der Waals surface area contributed by atoms with Crippen LogP contribution in [-0.2, 0) is 0 Å². The SMILES string of the molecule is Cc1ccccc1NC(=O)c1cc2c3c(c1)[C@@H]1C=CC[C@@H]1CN3C[C@@H]1CC=C[C@H]21. The molecule has 146 valence electrons. The van der Waals surface area contributed by atoms with Crippen molar-refractivity contribution in [2.24, 2.45) is 11.8 Å². The average Bonchev–Trinajstić information content (AvgIpc) is 3.39. The van der Waals surface area contributed by atoms with Crippen molar-refractivity contribution < 1.29 is 4.79 Å². The normalized spacial score (nSPS) is 28.1. The Morgan fingerprint density at radius 1 is 0.966 bits per heavy atom. The Hall–Kier alpha value is -2.81. The molecule has 2 heterocycles. The highest BCUT2D eigenvalue weighted by Crippen LogP contribution is 2.53. The van der Waals surface area contributed by atoms with E-state index >= 15 is 0 Å². The van der Waals surface area contributed by atoms with Gasteiger partial charge in [-0.25, -0.2) is 0 Å². The van der Waals surface area contributed by atoms with E-state index in [1.807, 2.05) is 31.2 Å². The Balaban J connectivity index is 1.46. The van der Waals surface area contributed by atoms with Crippen LogP contribution in [-0.4, -0.2) is 19.0 Å². The van der Waals surface area contributed by atoms with Crippen molar-refractivity contribution in [1.29, 1.82) is 0 Å². The van der Waals surface area contributed by atoms with Gasteiger partial charge in [0.05, 0.1) is 0 Å². The molecule has 3 nitrogen and oxygen atoms in total. The van der Waals surface area contributed by atoms with Gasteiger partial charge in [-0.1, -0.05) is 42.5 Å². The molecule has 0 fully saturated rings. The van der Waals surface area contributed by atoms with Gasteiger partial charge in [0.15, 0.2) is 0 Å².